The zero-order valence-corrected chi connectivity index (χ0v) is 13.8. The van der Waals surface area contributed by atoms with Crippen LogP contribution in [0.2, 0.25) is 0 Å². The molecule has 0 bridgehead atoms. The Morgan fingerprint density at radius 1 is 0.800 bits per heavy atom. The van der Waals surface area contributed by atoms with Crippen LogP contribution in [0.4, 0.5) is 0 Å². The summed E-state index contributed by atoms with van der Waals surface area (Å²) in [4.78, 5) is 14.2. The van der Waals surface area contributed by atoms with Gasteiger partial charge in [0.25, 0.3) is 5.91 Å². The van der Waals surface area contributed by atoms with E-state index in [9.17, 15) is 9.90 Å². The van der Waals surface area contributed by atoms with Crippen molar-refractivity contribution in [2.24, 2.45) is 0 Å². The first-order valence-electron chi connectivity index (χ1n) is 8.43. The van der Waals surface area contributed by atoms with Crippen LogP contribution in [0.25, 0.3) is 0 Å². The van der Waals surface area contributed by atoms with Gasteiger partial charge in [0.15, 0.2) is 6.23 Å². The van der Waals surface area contributed by atoms with Gasteiger partial charge in [0.05, 0.1) is 0 Å². The minimum absolute atomic E-state index is 0.113. The van der Waals surface area contributed by atoms with Crippen LogP contribution >= 0.6 is 0 Å². The molecule has 0 aromatic heterocycles. The van der Waals surface area contributed by atoms with Crippen molar-refractivity contribution in [2.45, 2.75) is 19.2 Å². The van der Waals surface area contributed by atoms with Gasteiger partial charge in [-0.1, -0.05) is 72.8 Å². The maximum atomic E-state index is 12.6. The van der Waals surface area contributed by atoms with Crippen LogP contribution in [-0.4, -0.2) is 15.9 Å². The highest BCUT2D eigenvalue weighted by Crippen LogP contribution is 2.33. The molecular formula is C22H19NO2. The number of hydrogen-bond donors (Lipinski definition) is 1. The molecule has 25 heavy (non-hydrogen) atoms. The van der Waals surface area contributed by atoms with Gasteiger partial charge in [0, 0.05) is 17.7 Å². The van der Waals surface area contributed by atoms with Crippen molar-refractivity contribution >= 4 is 5.91 Å². The summed E-state index contributed by atoms with van der Waals surface area (Å²) in [5.74, 6) is -0.113. The number of rotatable bonds is 4. The normalized spacial score (nSPS) is 16.1. The highest BCUT2D eigenvalue weighted by Gasteiger charge is 2.35. The molecule has 3 nitrogen and oxygen atoms in total. The summed E-state index contributed by atoms with van der Waals surface area (Å²) in [6.45, 7) is 0.400. The number of nitrogens with zero attached hydrogens (tertiary/aromatic N) is 1. The molecule has 0 fully saturated rings. The average molecular weight is 329 g/mol. The second kappa shape index (κ2) is 6.54. The molecule has 1 atom stereocenters. The van der Waals surface area contributed by atoms with Crippen LogP contribution in [0.1, 0.15) is 38.8 Å². The number of aliphatic hydroxyl groups is 1. The lowest BCUT2D eigenvalue weighted by Crippen LogP contribution is -2.27. The molecule has 0 aliphatic carbocycles. The van der Waals surface area contributed by atoms with Crippen LogP contribution < -0.4 is 0 Å². The largest absolute Gasteiger partial charge is 0.369 e. The standard InChI is InChI=1S/C22H19NO2/c24-21-19-12-6-7-13-20(19)22(25)23(21)15-18-11-5-4-10-17(18)14-16-8-2-1-3-9-16/h1-13,21,24H,14-15H2. The summed E-state index contributed by atoms with van der Waals surface area (Å²) in [5.41, 5.74) is 4.74. The first-order chi connectivity index (χ1) is 12.2. The lowest BCUT2D eigenvalue weighted by atomic mass is 9.99. The number of fused-ring (bicyclic) bond motifs is 1. The number of amides is 1. The quantitative estimate of drug-likeness (QED) is 0.788. The highest BCUT2D eigenvalue weighted by molar-refractivity contribution is 5.98. The van der Waals surface area contributed by atoms with Crippen molar-refractivity contribution in [3.8, 4) is 0 Å². The van der Waals surface area contributed by atoms with E-state index in [1.54, 1.807) is 6.07 Å². The molecule has 1 aliphatic heterocycles. The highest BCUT2D eigenvalue weighted by atomic mass is 16.3. The van der Waals surface area contributed by atoms with Gasteiger partial charge in [0.1, 0.15) is 0 Å². The summed E-state index contributed by atoms with van der Waals surface area (Å²) < 4.78 is 0. The molecule has 1 unspecified atom stereocenters. The van der Waals surface area contributed by atoms with Crippen LogP contribution in [-0.2, 0) is 13.0 Å². The Kier molecular flexibility index (Phi) is 4.08. The predicted molar refractivity (Wildman–Crippen MR) is 97.0 cm³/mol. The molecule has 1 aliphatic rings. The Morgan fingerprint density at radius 2 is 1.44 bits per heavy atom. The monoisotopic (exact) mass is 329 g/mol. The van der Waals surface area contributed by atoms with Crippen molar-refractivity contribution in [1.82, 2.24) is 4.90 Å². The maximum absolute atomic E-state index is 12.6. The van der Waals surface area contributed by atoms with E-state index in [1.807, 2.05) is 54.6 Å². The first-order valence-corrected chi connectivity index (χ1v) is 8.43. The third kappa shape index (κ3) is 2.94. The minimum Gasteiger partial charge on any atom is -0.369 e. The second-order valence-corrected chi connectivity index (χ2v) is 6.33. The SMILES string of the molecule is O=C1c2ccccc2C(O)N1Cc1ccccc1Cc1ccccc1. The second-order valence-electron chi connectivity index (χ2n) is 6.33. The molecule has 1 amide bonds. The average Bonchev–Trinajstić information content (AvgIpc) is 2.89. The van der Waals surface area contributed by atoms with Gasteiger partial charge in [-0.2, -0.15) is 0 Å². The van der Waals surface area contributed by atoms with Crippen molar-refractivity contribution in [3.05, 3.63) is 107 Å². The molecular weight excluding hydrogens is 310 g/mol. The molecule has 0 spiro atoms. The van der Waals surface area contributed by atoms with Gasteiger partial charge in [-0.3, -0.25) is 4.79 Å². The van der Waals surface area contributed by atoms with Gasteiger partial charge in [-0.15, -0.1) is 0 Å². The molecule has 1 N–H and O–H groups in total. The maximum Gasteiger partial charge on any atom is 0.256 e. The molecule has 0 radical (unpaired) electrons. The van der Waals surface area contributed by atoms with E-state index in [1.165, 1.54) is 16.0 Å². The number of carbonyl (C=O) groups excluding carboxylic acids is 1. The Morgan fingerprint density at radius 3 is 2.20 bits per heavy atom. The molecule has 4 rings (SSSR count). The van der Waals surface area contributed by atoms with Crippen molar-refractivity contribution in [1.29, 1.82) is 0 Å². The lowest BCUT2D eigenvalue weighted by Gasteiger charge is -2.22. The Bertz CT molecular complexity index is 905. The van der Waals surface area contributed by atoms with Gasteiger partial charge in [-0.25, -0.2) is 0 Å². The molecule has 1 heterocycles. The third-order valence-corrected chi connectivity index (χ3v) is 4.72. The van der Waals surface area contributed by atoms with Crippen LogP contribution in [0, 0.1) is 0 Å². The number of hydrogen-bond acceptors (Lipinski definition) is 2. The van der Waals surface area contributed by atoms with Crippen LogP contribution in [0.3, 0.4) is 0 Å². The minimum atomic E-state index is -0.881. The van der Waals surface area contributed by atoms with Gasteiger partial charge < -0.3 is 10.0 Å². The summed E-state index contributed by atoms with van der Waals surface area (Å²) in [6, 6.07) is 25.6. The van der Waals surface area contributed by atoms with E-state index in [0.29, 0.717) is 17.7 Å². The summed E-state index contributed by atoms with van der Waals surface area (Å²) in [7, 11) is 0. The number of benzene rings is 3. The lowest BCUT2D eigenvalue weighted by molar-refractivity contribution is 0.0136. The molecule has 3 heteroatoms. The zero-order chi connectivity index (χ0) is 17.2. The van der Waals surface area contributed by atoms with E-state index in [-0.39, 0.29) is 5.91 Å². The Labute approximate surface area is 147 Å². The molecule has 0 saturated carbocycles. The molecule has 0 saturated heterocycles. The van der Waals surface area contributed by atoms with E-state index in [2.05, 4.69) is 18.2 Å². The first kappa shape index (κ1) is 15.6. The van der Waals surface area contributed by atoms with E-state index >= 15 is 0 Å². The fourth-order valence-electron chi connectivity index (χ4n) is 3.39. The van der Waals surface area contributed by atoms with Crippen molar-refractivity contribution in [3.63, 3.8) is 0 Å². The van der Waals surface area contributed by atoms with E-state index in [0.717, 1.165) is 12.0 Å². The van der Waals surface area contributed by atoms with Gasteiger partial charge in [0.2, 0.25) is 0 Å². The zero-order valence-electron chi connectivity index (χ0n) is 13.8. The predicted octanol–water partition coefficient (Wildman–Crippen LogP) is 3.92. The summed E-state index contributed by atoms with van der Waals surface area (Å²) in [5, 5.41) is 10.6. The van der Waals surface area contributed by atoms with E-state index in [4.69, 9.17) is 0 Å². The van der Waals surface area contributed by atoms with E-state index < -0.39 is 6.23 Å². The fraction of sp³-hybridized carbons (Fsp3) is 0.136. The Hall–Kier alpha value is -2.91. The topological polar surface area (TPSA) is 40.5 Å². The Balaban J connectivity index is 1.61. The smallest absolute Gasteiger partial charge is 0.256 e. The number of aliphatic hydroxyl groups excluding tert-OH is 1. The molecule has 3 aromatic carbocycles. The summed E-state index contributed by atoms with van der Waals surface area (Å²) in [6.07, 6.45) is -0.0734. The van der Waals surface area contributed by atoms with Gasteiger partial charge in [-0.05, 0) is 29.2 Å². The molecule has 3 aromatic rings. The van der Waals surface area contributed by atoms with Crippen molar-refractivity contribution < 1.29 is 9.90 Å². The van der Waals surface area contributed by atoms with Crippen LogP contribution in [0.5, 0.6) is 0 Å². The number of carbonyl (C=O) groups is 1. The van der Waals surface area contributed by atoms with Crippen molar-refractivity contribution in [2.75, 3.05) is 0 Å². The fourth-order valence-corrected chi connectivity index (χ4v) is 3.39. The molecule has 124 valence electrons. The third-order valence-electron chi connectivity index (χ3n) is 4.72. The van der Waals surface area contributed by atoms with Crippen LogP contribution in [0.15, 0.2) is 78.9 Å². The summed E-state index contributed by atoms with van der Waals surface area (Å²) >= 11 is 0. The van der Waals surface area contributed by atoms with Gasteiger partial charge >= 0.3 is 0 Å².